The van der Waals surface area contributed by atoms with Crippen LogP contribution in [0.4, 0.5) is 0 Å². The number of benzene rings is 2. The Labute approximate surface area is 168 Å². The first-order valence-electron chi connectivity index (χ1n) is 8.13. The van der Waals surface area contributed by atoms with E-state index in [0.717, 1.165) is 0 Å². The van der Waals surface area contributed by atoms with Gasteiger partial charge < -0.3 is 0 Å². The second-order valence-corrected chi connectivity index (χ2v) is 20.7. The van der Waals surface area contributed by atoms with Gasteiger partial charge >= 0.3 is 148 Å². The minimum Gasteiger partial charge on any atom is 0 e. The van der Waals surface area contributed by atoms with E-state index in [4.69, 9.17) is 9.05 Å². The molecule has 0 aliphatic carbocycles. The van der Waals surface area contributed by atoms with Gasteiger partial charge in [-0.15, -0.1) is 0 Å². The van der Waals surface area contributed by atoms with E-state index < -0.39 is 13.7 Å². The Kier molecular flexibility index (Phi) is 8.67. The summed E-state index contributed by atoms with van der Waals surface area (Å²) >= 11 is 0. The Bertz CT molecular complexity index is 582. The molecule has 0 saturated carbocycles. The van der Waals surface area contributed by atoms with Crippen molar-refractivity contribution in [2.45, 2.75) is 0 Å². The maximum absolute atomic E-state index is 5.64. The second kappa shape index (κ2) is 8.71. The predicted molar refractivity (Wildman–Crippen MR) is 116 cm³/mol. The topological polar surface area (TPSA) is 18.5 Å². The van der Waals surface area contributed by atoms with E-state index in [2.05, 4.69) is 88.5 Å². The fourth-order valence-corrected chi connectivity index (χ4v) is 4.88. The molecule has 146 valence electrons. The molecule has 0 heterocycles. The van der Waals surface area contributed by atoms with Gasteiger partial charge in [0.2, 0.25) is 0 Å². The Morgan fingerprint density at radius 3 is 0.960 bits per heavy atom. The summed E-state index contributed by atoms with van der Waals surface area (Å²) in [5, 5.41) is 2.65. The van der Waals surface area contributed by atoms with E-state index in [1.807, 2.05) is 12.1 Å². The average molecular weight is 475 g/mol. The van der Waals surface area contributed by atoms with E-state index in [1.165, 1.54) is 10.6 Å². The summed E-state index contributed by atoms with van der Waals surface area (Å²) in [4.78, 5) is 0. The quantitative estimate of drug-likeness (QED) is 0.475. The van der Waals surface area contributed by atoms with E-state index in [-0.39, 0.29) is 20.4 Å². The van der Waals surface area contributed by atoms with Gasteiger partial charge in [-0.1, -0.05) is 0 Å². The van der Waals surface area contributed by atoms with Crippen LogP contribution >= 0.6 is 13.7 Å². The third-order valence-corrected chi connectivity index (χ3v) is 11.2. The molecule has 0 aliphatic heterocycles. The maximum Gasteiger partial charge on any atom is 0 e. The number of hydrogen-bond donors (Lipinski definition) is 0. The fraction of sp³-hybridized carbons (Fsp3) is 0.400. The third kappa shape index (κ3) is 7.19. The van der Waals surface area contributed by atoms with Gasteiger partial charge in [0.15, 0.2) is 0 Å². The van der Waals surface area contributed by atoms with Gasteiger partial charge in [0, 0.05) is 20.4 Å². The summed E-state index contributed by atoms with van der Waals surface area (Å²) in [6.07, 6.45) is 0. The van der Waals surface area contributed by atoms with Gasteiger partial charge in [-0.25, -0.2) is 0 Å². The average Bonchev–Trinajstić information content (AvgIpc) is 2.57. The molecule has 2 nitrogen and oxygen atoms in total. The van der Waals surface area contributed by atoms with E-state index in [1.54, 1.807) is 14.2 Å². The normalized spacial score (nSPS) is 14.6. The zero-order chi connectivity index (χ0) is 18.5. The Morgan fingerprint density at radius 2 is 0.760 bits per heavy atom. The van der Waals surface area contributed by atoms with Gasteiger partial charge in [0.25, 0.3) is 0 Å². The van der Waals surface area contributed by atoms with Crippen LogP contribution in [0.2, 0.25) is 0 Å². The second-order valence-electron chi connectivity index (χ2n) is 8.34. The van der Waals surface area contributed by atoms with Crippen LogP contribution in [0.5, 0.6) is 0 Å². The minimum atomic E-state index is -2.02. The van der Waals surface area contributed by atoms with E-state index in [0.29, 0.717) is 0 Å². The van der Waals surface area contributed by atoms with Gasteiger partial charge in [-0.2, -0.15) is 0 Å². The zero-order valence-electron chi connectivity index (χ0n) is 16.8. The molecule has 0 aromatic heterocycles. The number of hydrogen-bond acceptors (Lipinski definition) is 2. The summed E-state index contributed by atoms with van der Waals surface area (Å²) in [5.74, 6) is 0. The van der Waals surface area contributed by atoms with Crippen molar-refractivity contribution in [3.63, 3.8) is 0 Å². The minimum absolute atomic E-state index is 0. The molecule has 0 bridgehead atoms. The Hall–Kier alpha value is -0.118. The molecule has 2 aromatic rings. The van der Waals surface area contributed by atoms with Crippen LogP contribution in [-0.2, 0) is 29.5 Å². The maximum atomic E-state index is 5.64. The van der Waals surface area contributed by atoms with Crippen molar-refractivity contribution >= 4 is 24.3 Å². The molecule has 25 heavy (non-hydrogen) atoms. The van der Waals surface area contributed by atoms with Crippen LogP contribution in [0.3, 0.4) is 0 Å². The summed E-state index contributed by atoms with van der Waals surface area (Å²) < 4.78 is 11.3. The van der Waals surface area contributed by atoms with Crippen LogP contribution in [0, 0.1) is 0 Å². The molecular weight excluding hydrogens is 441 g/mol. The largest absolute Gasteiger partial charge is 0 e. The molecule has 2 rings (SSSR count). The van der Waals surface area contributed by atoms with Crippen molar-refractivity contribution < 1.29 is 29.5 Å². The molecule has 2 aromatic carbocycles. The first-order chi connectivity index (χ1) is 10.9. The first kappa shape index (κ1) is 24.9. The van der Waals surface area contributed by atoms with Crippen LogP contribution in [0.15, 0.2) is 60.7 Å². The van der Waals surface area contributed by atoms with Crippen LogP contribution in [0.25, 0.3) is 0 Å². The summed E-state index contributed by atoms with van der Waals surface area (Å²) in [7, 11) is 3.59. The predicted octanol–water partition coefficient (Wildman–Crippen LogP) is 4.63. The van der Waals surface area contributed by atoms with Crippen molar-refractivity contribution in [1.29, 1.82) is 0 Å². The molecule has 0 saturated heterocycles. The summed E-state index contributed by atoms with van der Waals surface area (Å²) in [6, 6.07) is 20.9. The van der Waals surface area contributed by atoms with Gasteiger partial charge in [0.05, 0.1) is 0 Å². The molecule has 0 fully saturated rings. The molecule has 0 N–H and O–H groups in total. The third-order valence-electron chi connectivity index (χ3n) is 4.55. The Balaban J connectivity index is 0.000000443. The molecule has 5 heteroatoms. The molecule has 0 spiro atoms. The summed E-state index contributed by atoms with van der Waals surface area (Å²) in [6.45, 7) is 9.22. The first-order valence-corrected chi connectivity index (χ1v) is 15.1. The molecular formula is C20H34O2P2Pd. The van der Waals surface area contributed by atoms with Crippen molar-refractivity contribution in [3.8, 4) is 0 Å². The van der Waals surface area contributed by atoms with Crippen LogP contribution < -0.4 is 10.6 Å². The zero-order valence-corrected chi connectivity index (χ0v) is 20.1. The standard InChI is InChI=1S/2C10H17OP.Pd/c2*1-11-12(2,3,4)10-8-6-5-7-9-10;/h2*5-9H,1-4H3;. The molecule has 0 unspecified atom stereocenters. The van der Waals surface area contributed by atoms with Crippen molar-refractivity contribution in [3.05, 3.63) is 60.7 Å². The van der Waals surface area contributed by atoms with Gasteiger partial charge in [-0.3, -0.25) is 0 Å². The van der Waals surface area contributed by atoms with Crippen LogP contribution in [-0.4, -0.2) is 54.2 Å². The smallest absolute Gasteiger partial charge is 0 e. The van der Waals surface area contributed by atoms with Gasteiger partial charge in [-0.05, 0) is 0 Å². The van der Waals surface area contributed by atoms with Crippen molar-refractivity contribution in [1.82, 2.24) is 0 Å². The molecule has 0 aliphatic rings. The molecule has 0 amide bonds. The fourth-order valence-electron chi connectivity index (χ4n) is 2.08. The van der Waals surface area contributed by atoms with Crippen molar-refractivity contribution in [2.24, 2.45) is 0 Å². The summed E-state index contributed by atoms with van der Waals surface area (Å²) in [5.41, 5.74) is 0. The van der Waals surface area contributed by atoms with Crippen LogP contribution in [0.1, 0.15) is 0 Å². The Morgan fingerprint density at radius 1 is 0.520 bits per heavy atom. The number of rotatable bonds is 4. The molecule has 0 radical (unpaired) electrons. The SMILES string of the molecule is COP(C)(C)(C)c1ccccc1.COP(C)(C)(C)c1ccccc1.[Pd]. The molecule has 0 atom stereocenters. The van der Waals surface area contributed by atoms with Gasteiger partial charge in [0.1, 0.15) is 0 Å². The monoisotopic (exact) mass is 474 g/mol. The van der Waals surface area contributed by atoms with E-state index >= 15 is 0 Å². The van der Waals surface area contributed by atoms with Crippen molar-refractivity contribution in [2.75, 3.05) is 54.2 Å². The van der Waals surface area contributed by atoms with E-state index in [9.17, 15) is 0 Å².